The average molecular weight is 307 g/mol. The van der Waals surface area contributed by atoms with Gasteiger partial charge < -0.3 is 10.6 Å². The maximum absolute atomic E-state index is 11.9. The van der Waals surface area contributed by atoms with Gasteiger partial charge in [-0.15, -0.1) is 0 Å². The van der Waals surface area contributed by atoms with E-state index in [1.165, 1.54) is 0 Å². The Morgan fingerprint density at radius 1 is 1.17 bits per heavy atom. The number of anilines is 2. The molecule has 0 aromatic carbocycles. The van der Waals surface area contributed by atoms with Gasteiger partial charge in [0.25, 0.3) is 5.91 Å². The molecule has 6 heteroatoms. The van der Waals surface area contributed by atoms with Crippen LogP contribution in [0.2, 0.25) is 0 Å². The number of aromatic nitrogens is 2. The zero-order valence-corrected chi connectivity index (χ0v) is 11.2. The topological polar surface area (TPSA) is 66.9 Å². The summed E-state index contributed by atoms with van der Waals surface area (Å²) in [5, 5.41) is 5.61. The summed E-state index contributed by atoms with van der Waals surface area (Å²) in [4.78, 5) is 20.0. The Morgan fingerprint density at radius 3 is 2.56 bits per heavy atom. The predicted octanol–water partition coefficient (Wildman–Crippen LogP) is 2.53. The van der Waals surface area contributed by atoms with Crippen LogP contribution in [0.15, 0.2) is 41.1 Å². The summed E-state index contributed by atoms with van der Waals surface area (Å²) in [6.07, 6.45) is 3.22. The molecule has 0 bridgehead atoms. The van der Waals surface area contributed by atoms with Gasteiger partial charge in [0.15, 0.2) is 0 Å². The van der Waals surface area contributed by atoms with E-state index in [2.05, 4.69) is 36.5 Å². The molecule has 0 atom stereocenters. The van der Waals surface area contributed by atoms with Gasteiger partial charge in [0.05, 0.1) is 11.9 Å². The van der Waals surface area contributed by atoms with E-state index < -0.39 is 0 Å². The van der Waals surface area contributed by atoms with E-state index in [4.69, 9.17) is 0 Å². The summed E-state index contributed by atoms with van der Waals surface area (Å²) in [7, 11) is 1.79. The molecular formula is C12H11BrN4O. The first-order valence-electron chi connectivity index (χ1n) is 5.26. The number of nitrogens with one attached hydrogen (secondary N) is 2. The maximum Gasteiger partial charge on any atom is 0.275 e. The fourth-order valence-corrected chi connectivity index (χ4v) is 1.54. The lowest BCUT2D eigenvalue weighted by Gasteiger charge is -2.04. The van der Waals surface area contributed by atoms with Crippen LogP contribution in [0, 0.1) is 0 Å². The maximum atomic E-state index is 11.9. The van der Waals surface area contributed by atoms with Gasteiger partial charge in [-0.3, -0.25) is 4.79 Å². The fourth-order valence-electron chi connectivity index (χ4n) is 1.31. The molecule has 92 valence electrons. The van der Waals surface area contributed by atoms with Crippen molar-refractivity contribution in [3.8, 4) is 0 Å². The molecule has 0 aliphatic heterocycles. The molecule has 0 spiro atoms. The van der Waals surface area contributed by atoms with E-state index >= 15 is 0 Å². The molecule has 5 nitrogen and oxygen atoms in total. The number of hydrogen-bond donors (Lipinski definition) is 2. The van der Waals surface area contributed by atoms with Crippen LogP contribution in [0.1, 0.15) is 10.5 Å². The SMILES string of the molecule is CNc1ccc(C(=O)Nc2ccc(Br)cn2)nc1. The third kappa shape index (κ3) is 3.04. The van der Waals surface area contributed by atoms with Gasteiger partial charge in [0.1, 0.15) is 11.5 Å². The Hall–Kier alpha value is -1.95. The minimum atomic E-state index is -0.285. The summed E-state index contributed by atoms with van der Waals surface area (Å²) in [6, 6.07) is 6.96. The number of pyridine rings is 2. The minimum Gasteiger partial charge on any atom is -0.387 e. The first-order chi connectivity index (χ1) is 8.69. The van der Waals surface area contributed by atoms with Gasteiger partial charge >= 0.3 is 0 Å². The minimum absolute atomic E-state index is 0.285. The van der Waals surface area contributed by atoms with Crippen LogP contribution in [0.3, 0.4) is 0 Å². The molecule has 2 heterocycles. The smallest absolute Gasteiger partial charge is 0.275 e. The predicted molar refractivity (Wildman–Crippen MR) is 73.7 cm³/mol. The van der Waals surface area contributed by atoms with Crippen LogP contribution in [0.25, 0.3) is 0 Å². The Balaban J connectivity index is 2.09. The molecule has 0 unspecified atom stereocenters. The third-order valence-electron chi connectivity index (χ3n) is 2.25. The quantitative estimate of drug-likeness (QED) is 0.914. The normalized spacial score (nSPS) is 9.89. The van der Waals surface area contributed by atoms with E-state index in [1.54, 1.807) is 43.7 Å². The molecule has 0 aliphatic rings. The summed E-state index contributed by atoms with van der Waals surface area (Å²) in [5.41, 5.74) is 1.20. The fraction of sp³-hybridized carbons (Fsp3) is 0.0833. The van der Waals surface area contributed by atoms with Gasteiger partial charge in [-0.05, 0) is 40.2 Å². The number of carbonyl (C=O) groups excluding carboxylic acids is 1. The van der Waals surface area contributed by atoms with Crippen LogP contribution in [0.5, 0.6) is 0 Å². The first-order valence-corrected chi connectivity index (χ1v) is 6.05. The molecule has 0 aliphatic carbocycles. The standard InChI is InChI=1S/C12H11BrN4O/c1-14-9-3-4-10(15-7-9)12(18)17-11-5-2-8(13)6-16-11/h2-7,14H,1H3,(H,16,17,18). The van der Waals surface area contributed by atoms with E-state index in [0.717, 1.165) is 10.2 Å². The molecule has 0 saturated heterocycles. The largest absolute Gasteiger partial charge is 0.387 e. The van der Waals surface area contributed by atoms with Crippen LogP contribution in [-0.4, -0.2) is 22.9 Å². The number of halogens is 1. The highest BCUT2D eigenvalue weighted by Crippen LogP contribution is 2.11. The van der Waals surface area contributed by atoms with Gasteiger partial charge in [-0.25, -0.2) is 9.97 Å². The van der Waals surface area contributed by atoms with Crippen molar-refractivity contribution in [3.63, 3.8) is 0 Å². The molecular weight excluding hydrogens is 296 g/mol. The second kappa shape index (κ2) is 5.59. The molecule has 2 aromatic rings. The number of rotatable bonds is 3. The Kier molecular flexibility index (Phi) is 3.88. The Morgan fingerprint density at radius 2 is 2.00 bits per heavy atom. The number of amides is 1. The van der Waals surface area contributed by atoms with Crippen molar-refractivity contribution in [1.29, 1.82) is 0 Å². The highest BCUT2D eigenvalue weighted by Gasteiger charge is 2.07. The van der Waals surface area contributed by atoms with Crippen molar-refractivity contribution in [1.82, 2.24) is 9.97 Å². The molecule has 2 rings (SSSR count). The summed E-state index contributed by atoms with van der Waals surface area (Å²) in [5.74, 6) is 0.204. The van der Waals surface area contributed by atoms with Gasteiger partial charge in [0.2, 0.25) is 0 Å². The Bertz CT molecular complexity index is 539. The Labute approximate surface area is 113 Å². The van der Waals surface area contributed by atoms with Gasteiger partial charge in [-0.2, -0.15) is 0 Å². The molecule has 2 aromatic heterocycles. The molecule has 18 heavy (non-hydrogen) atoms. The number of nitrogens with zero attached hydrogens (tertiary/aromatic N) is 2. The molecule has 0 saturated carbocycles. The van der Waals surface area contributed by atoms with Crippen molar-refractivity contribution in [2.45, 2.75) is 0 Å². The average Bonchev–Trinajstić information content (AvgIpc) is 2.41. The van der Waals surface area contributed by atoms with Crippen molar-refractivity contribution in [2.75, 3.05) is 17.7 Å². The lowest BCUT2D eigenvalue weighted by molar-refractivity contribution is 0.102. The monoisotopic (exact) mass is 306 g/mol. The third-order valence-corrected chi connectivity index (χ3v) is 2.72. The summed E-state index contributed by atoms with van der Waals surface area (Å²) >= 11 is 3.28. The lowest BCUT2D eigenvalue weighted by atomic mass is 10.3. The molecule has 1 amide bonds. The number of carbonyl (C=O) groups is 1. The van der Waals surface area contributed by atoms with Crippen LogP contribution < -0.4 is 10.6 Å². The zero-order valence-electron chi connectivity index (χ0n) is 9.64. The van der Waals surface area contributed by atoms with Crippen molar-refractivity contribution >= 4 is 33.3 Å². The zero-order chi connectivity index (χ0) is 13.0. The molecule has 2 N–H and O–H groups in total. The highest BCUT2D eigenvalue weighted by atomic mass is 79.9. The van der Waals surface area contributed by atoms with Crippen molar-refractivity contribution < 1.29 is 4.79 Å². The van der Waals surface area contributed by atoms with Crippen LogP contribution in [-0.2, 0) is 0 Å². The van der Waals surface area contributed by atoms with Gasteiger partial charge in [0, 0.05) is 17.7 Å². The van der Waals surface area contributed by atoms with Crippen molar-refractivity contribution in [2.24, 2.45) is 0 Å². The second-order valence-electron chi connectivity index (χ2n) is 3.50. The second-order valence-corrected chi connectivity index (χ2v) is 4.41. The molecule has 0 fully saturated rings. The van der Waals surface area contributed by atoms with Crippen LogP contribution in [0.4, 0.5) is 11.5 Å². The summed E-state index contributed by atoms with van der Waals surface area (Å²) < 4.78 is 0.858. The first kappa shape index (κ1) is 12.5. The van der Waals surface area contributed by atoms with Gasteiger partial charge in [-0.1, -0.05) is 0 Å². The van der Waals surface area contributed by atoms with E-state index in [9.17, 15) is 4.79 Å². The van der Waals surface area contributed by atoms with E-state index in [-0.39, 0.29) is 5.91 Å². The van der Waals surface area contributed by atoms with Crippen LogP contribution >= 0.6 is 15.9 Å². The lowest BCUT2D eigenvalue weighted by Crippen LogP contribution is -2.14. The van der Waals surface area contributed by atoms with E-state index in [0.29, 0.717) is 11.5 Å². The van der Waals surface area contributed by atoms with Crippen molar-refractivity contribution in [3.05, 3.63) is 46.8 Å². The summed E-state index contributed by atoms with van der Waals surface area (Å²) in [6.45, 7) is 0. The molecule has 0 radical (unpaired) electrons. The highest BCUT2D eigenvalue weighted by molar-refractivity contribution is 9.10. The number of hydrogen-bond acceptors (Lipinski definition) is 4. The van der Waals surface area contributed by atoms with E-state index in [1.807, 2.05) is 0 Å².